The maximum Gasteiger partial charge on any atom is 0.314 e. The number of hydrogen-bond acceptors (Lipinski definition) is 4. The Morgan fingerprint density at radius 3 is 2.58 bits per heavy atom. The number of halogens is 1. The molecule has 0 aromatic heterocycles. The zero-order valence-corrected chi connectivity index (χ0v) is 15.7. The first-order chi connectivity index (χ1) is 12.5. The standard InChI is InChI=1S/C19H30FN3O3/c1-19(2,23-10-13-25-14-11-23)15-22-18(24)21-9-3-4-12-26-17-7-5-16(20)6-8-17/h5-8H,3-4,9-15H2,1-2H3,(H2,21,22,24). The Labute approximate surface area is 155 Å². The van der Waals surface area contributed by atoms with Crippen molar-refractivity contribution in [2.45, 2.75) is 32.2 Å². The number of nitrogens with zero attached hydrogens (tertiary/aromatic N) is 1. The Morgan fingerprint density at radius 1 is 1.19 bits per heavy atom. The van der Waals surface area contributed by atoms with E-state index in [2.05, 4.69) is 29.4 Å². The minimum Gasteiger partial charge on any atom is -0.494 e. The number of hydrogen-bond donors (Lipinski definition) is 2. The van der Waals surface area contributed by atoms with Gasteiger partial charge in [0.25, 0.3) is 0 Å². The maximum atomic E-state index is 12.8. The van der Waals surface area contributed by atoms with Gasteiger partial charge in [-0.2, -0.15) is 0 Å². The number of ether oxygens (including phenoxy) is 2. The van der Waals surface area contributed by atoms with Gasteiger partial charge >= 0.3 is 6.03 Å². The van der Waals surface area contributed by atoms with Gasteiger partial charge < -0.3 is 20.1 Å². The highest BCUT2D eigenvalue weighted by molar-refractivity contribution is 5.73. The van der Waals surface area contributed by atoms with Crippen molar-refractivity contribution in [2.24, 2.45) is 0 Å². The number of rotatable bonds is 9. The highest BCUT2D eigenvalue weighted by Gasteiger charge is 2.28. The Balaban J connectivity index is 1.52. The fourth-order valence-corrected chi connectivity index (χ4v) is 2.79. The molecule has 0 unspecified atom stereocenters. The predicted molar refractivity (Wildman–Crippen MR) is 99.0 cm³/mol. The molecular formula is C19H30FN3O3. The van der Waals surface area contributed by atoms with E-state index in [0.717, 1.165) is 39.1 Å². The Kier molecular flexibility index (Phi) is 8.12. The van der Waals surface area contributed by atoms with Crippen LogP contribution in [0.5, 0.6) is 5.75 Å². The van der Waals surface area contributed by atoms with Crippen LogP contribution in [0.1, 0.15) is 26.7 Å². The van der Waals surface area contributed by atoms with E-state index in [4.69, 9.17) is 9.47 Å². The third-order valence-corrected chi connectivity index (χ3v) is 4.49. The summed E-state index contributed by atoms with van der Waals surface area (Å²) < 4.78 is 23.7. The molecule has 1 saturated heterocycles. The van der Waals surface area contributed by atoms with Gasteiger partial charge in [-0.1, -0.05) is 0 Å². The molecule has 2 amide bonds. The molecule has 1 aliphatic heterocycles. The number of urea groups is 1. The third-order valence-electron chi connectivity index (χ3n) is 4.49. The molecule has 0 bridgehead atoms. The molecule has 0 radical (unpaired) electrons. The zero-order chi connectivity index (χ0) is 18.8. The van der Waals surface area contributed by atoms with Crippen LogP contribution in [-0.2, 0) is 4.74 Å². The topological polar surface area (TPSA) is 62.8 Å². The van der Waals surface area contributed by atoms with Crippen LogP contribution >= 0.6 is 0 Å². The first kappa shape index (κ1) is 20.5. The van der Waals surface area contributed by atoms with E-state index in [-0.39, 0.29) is 17.4 Å². The summed E-state index contributed by atoms with van der Waals surface area (Å²) in [5, 5.41) is 5.81. The first-order valence-electron chi connectivity index (χ1n) is 9.20. The van der Waals surface area contributed by atoms with E-state index in [1.807, 2.05) is 0 Å². The quantitative estimate of drug-likeness (QED) is 0.658. The van der Waals surface area contributed by atoms with Crippen LogP contribution in [0.4, 0.5) is 9.18 Å². The molecular weight excluding hydrogens is 337 g/mol. The van der Waals surface area contributed by atoms with Crippen molar-refractivity contribution in [3.63, 3.8) is 0 Å². The molecule has 26 heavy (non-hydrogen) atoms. The van der Waals surface area contributed by atoms with Gasteiger partial charge in [-0.15, -0.1) is 0 Å². The van der Waals surface area contributed by atoms with Crippen molar-refractivity contribution in [3.8, 4) is 5.75 Å². The van der Waals surface area contributed by atoms with Crippen LogP contribution in [0.3, 0.4) is 0 Å². The van der Waals surface area contributed by atoms with Crippen molar-refractivity contribution in [1.29, 1.82) is 0 Å². The van der Waals surface area contributed by atoms with Gasteiger partial charge in [0.15, 0.2) is 0 Å². The SMILES string of the molecule is CC(C)(CNC(=O)NCCCCOc1ccc(F)cc1)N1CCOCC1. The zero-order valence-electron chi connectivity index (χ0n) is 15.7. The molecule has 0 aliphatic carbocycles. The molecule has 1 heterocycles. The van der Waals surface area contributed by atoms with E-state index in [9.17, 15) is 9.18 Å². The smallest absolute Gasteiger partial charge is 0.314 e. The summed E-state index contributed by atoms with van der Waals surface area (Å²) in [7, 11) is 0. The molecule has 0 spiro atoms. The molecule has 2 N–H and O–H groups in total. The third kappa shape index (κ3) is 7.17. The number of carbonyl (C=O) groups is 1. The largest absolute Gasteiger partial charge is 0.494 e. The highest BCUT2D eigenvalue weighted by atomic mass is 19.1. The monoisotopic (exact) mass is 367 g/mol. The molecule has 1 aromatic carbocycles. The van der Waals surface area contributed by atoms with Crippen LogP contribution in [0, 0.1) is 5.82 Å². The normalized spacial score (nSPS) is 15.5. The average molecular weight is 367 g/mol. The number of amides is 2. The molecule has 0 atom stereocenters. The van der Waals surface area contributed by atoms with Gasteiger partial charge in [0.05, 0.1) is 19.8 Å². The number of benzene rings is 1. The van der Waals surface area contributed by atoms with E-state index in [1.54, 1.807) is 12.1 Å². The molecule has 1 aromatic rings. The van der Waals surface area contributed by atoms with E-state index in [0.29, 0.717) is 25.4 Å². The van der Waals surface area contributed by atoms with E-state index >= 15 is 0 Å². The van der Waals surface area contributed by atoms with Crippen LogP contribution in [0.15, 0.2) is 24.3 Å². The molecule has 7 heteroatoms. The van der Waals surface area contributed by atoms with Gasteiger partial charge in [0.1, 0.15) is 11.6 Å². The van der Waals surface area contributed by atoms with E-state index in [1.165, 1.54) is 12.1 Å². The summed E-state index contributed by atoms with van der Waals surface area (Å²) in [4.78, 5) is 14.3. The van der Waals surface area contributed by atoms with Crippen molar-refractivity contribution in [2.75, 3.05) is 46.0 Å². The Morgan fingerprint density at radius 2 is 1.88 bits per heavy atom. The molecule has 0 saturated carbocycles. The second-order valence-corrected chi connectivity index (χ2v) is 7.03. The molecule has 146 valence electrons. The molecule has 6 nitrogen and oxygen atoms in total. The Hall–Kier alpha value is -1.86. The lowest BCUT2D eigenvalue weighted by Crippen LogP contribution is -2.56. The van der Waals surface area contributed by atoms with Crippen LogP contribution in [0.25, 0.3) is 0 Å². The lowest BCUT2D eigenvalue weighted by Gasteiger charge is -2.40. The van der Waals surface area contributed by atoms with Gasteiger partial charge in [0.2, 0.25) is 0 Å². The average Bonchev–Trinajstić information content (AvgIpc) is 2.65. The molecule has 1 fully saturated rings. The maximum absolute atomic E-state index is 12.8. The summed E-state index contributed by atoms with van der Waals surface area (Å²) in [6.07, 6.45) is 1.64. The lowest BCUT2D eigenvalue weighted by atomic mass is 10.0. The van der Waals surface area contributed by atoms with Crippen molar-refractivity contribution in [3.05, 3.63) is 30.1 Å². The molecule has 1 aliphatic rings. The minimum absolute atomic E-state index is 0.0931. The van der Waals surface area contributed by atoms with Gasteiger partial charge in [-0.3, -0.25) is 4.90 Å². The van der Waals surface area contributed by atoms with Gasteiger partial charge in [-0.05, 0) is 51.0 Å². The second kappa shape index (κ2) is 10.3. The number of morpholine rings is 1. The highest BCUT2D eigenvalue weighted by Crippen LogP contribution is 2.15. The van der Waals surface area contributed by atoms with Crippen molar-refractivity contribution >= 4 is 6.03 Å². The summed E-state index contributed by atoms with van der Waals surface area (Å²) in [5.41, 5.74) is -0.0931. The summed E-state index contributed by atoms with van der Waals surface area (Å²) in [5.74, 6) is 0.381. The van der Waals surface area contributed by atoms with Crippen LogP contribution in [0.2, 0.25) is 0 Å². The lowest BCUT2D eigenvalue weighted by molar-refractivity contribution is -0.00874. The number of unbranched alkanes of at least 4 members (excludes halogenated alkanes) is 1. The number of carbonyl (C=O) groups excluding carboxylic acids is 1. The van der Waals surface area contributed by atoms with Gasteiger partial charge in [-0.25, -0.2) is 9.18 Å². The van der Waals surface area contributed by atoms with Crippen molar-refractivity contribution < 1.29 is 18.7 Å². The summed E-state index contributed by atoms with van der Waals surface area (Å²) in [6, 6.07) is 5.82. The second-order valence-electron chi connectivity index (χ2n) is 7.03. The van der Waals surface area contributed by atoms with Crippen LogP contribution < -0.4 is 15.4 Å². The fourth-order valence-electron chi connectivity index (χ4n) is 2.79. The minimum atomic E-state index is -0.274. The Bertz CT molecular complexity index is 545. The van der Waals surface area contributed by atoms with Crippen molar-refractivity contribution in [1.82, 2.24) is 15.5 Å². The van der Waals surface area contributed by atoms with Crippen LogP contribution in [-0.4, -0.2) is 62.5 Å². The summed E-state index contributed by atoms with van der Waals surface area (Å²) in [6.45, 7) is 9.26. The fraction of sp³-hybridized carbons (Fsp3) is 0.632. The van der Waals surface area contributed by atoms with Gasteiger partial charge in [0, 0.05) is 31.7 Å². The summed E-state index contributed by atoms with van der Waals surface area (Å²) >= 11 is 0. The van der Waals surface area contributed by atoms with E-state index < -0.39 is 0 Å². The predicted octanol–water partition coefficient (Wildman–Crippen LogP) is 2.39. The first-order valence-corrected chi connectivity index (χ1v) is 9.20. The molecule has 2 rings (SSSR count). The number of nitrogens with one attached hydrogen (secondary N) is 2.